The molecule has 1 aromatic carbocycles. The van der Waals surface area contributed by atoms with Crippen molar-refractivity contribution in [1.29, 1.82) is 5.26 Å². The normalized spacial score (nSPS) is 16.1. The highest BCUT2D eigenvalue weighted by Crippen LogP contribution is 2.24. The van der Waals surface area contributed by atoms with E-state index in [4.69, 9.17) is 10.00 Å². The van der Waals surface area contributed by atoms with Crippen molar-refractivity contribution in [2.45, 2.75) is 26.1 Å². The number of aromatic nitrogens is 2. The van der Waals surface area contributed by atoms with Gasteiger partial charge in [0.2, 0.25) is 5.88 Å². The van der Waals surface area contributed by atoms with Crippen LogP contribution in [0.1, 0.15) is 18.1 Å². The zero-order valence-corrected chi connectivity index (χ0v) is 12.8. The summed E-state index contributed by atoms with van der Waals surface area (Å²) < 4.78 is 20.5. The largest absolute Gasteiger partial charge is 0.473 e. The van der Waals surface area contributed by atoms with Crippen LogP contribution in [0.5, 0.6) is 5.88 Å². The average molecular weight is 314 g/mol. The minimum atomic E-state index is -0.502. The number of hydrogen-bond acceptors (Lipinski definition) is 5. The molecule has 6 nitrogen and oxygen atoms in total. The molecule has 0 radical (unpaired) electrons. The quantitative estimate of drug-likeness (QED) is 0.862. The minimum absolute atomic E-state index is 0.0294. The molecule has 1 aromatic heterocycles. The zero-order chi connectivity index (χ0) is 16.6. The molecule has 2 aromatic rings. The van der Waals surface area contributed by atoms with E-state index in [0.717, 1.165) is 11.9 Å². The van der Waals surface area contributed by atoms with Gasteiger partial charge >= 0.3 is 5.69 Å². The molecule has 0 fully saturated rings. The fourth-order valence-electron chi connectivity index (χ4n) is 2.58. The van der Waals surface area contributed by atoms with Crippen molar-refractivity contribution >= 4 is 5.82 Å². The molecule has 0 aliphatic carbocycles. The first-order valence-electron chi connectivity index (χ1n) is 7.15. The second-order valence-electron chi connectivity index (χ2n) is 5.55. The Labute approximate surface area is 132 Å². The molecule has 2 heterocycles. The molecule has 0 N–H and O–H groups in total. The maximum Gasteiger partial charge on any atom is 0.352 e. The summed E-state index contributed by atoms with van der Waals surface area (Å²) in [7, 11) is 1.90. The van der Waals surface area contributed by atoms with Gasteiger partial charge in [-0.05, 0) is 30.7 Å². The maximum absolute atomic E-state index is 13.4. The van der Waals surface area contributed by atoms with Crippen LogP contribution in [0, 0.1) is 17.1 Å². The lowest BCUT2D eigenvalue weighted by molar-refractivity contribution is 0.291. The maximum atomic E-state index is 13.4. The summed E-state index contributed by atoms with van der Waals surface area (Å²) >= 11 is 0. The summed E-state index contributed by atoms with van der Waals surface area (Å²) in [5, 5.41) is 8.85. The lowest BCUT2D eigenvalue weighted by Crippen LogP contribution is -2.23. The van der Waals surface area contributed by atoms with Crippen LogP contribution in [0.15, 0.2) is 29.1 Å². The van der Waals surface area contributed by atoms with E-state index >= 15 is 0 Å². The smallest absolute Gasteiger partial charge is 0.352 e. The predicted molar refractivity (Wildman–Crippen MR) is 81.8 cm³/mol. The van der Waals surface area contributed by atoms with Crippen LogP contribution in [0.25, 0.3) is 0 Å². The molecule has 1 aliphatic rings. The van der Waals surface area contributed by atoms with Crippen LogP contribution in [0.3, 0.4) is 0 Å². The number of hydrogen-bond donors (Lipinski definition) is 0. The fraction of sp³-hybridized carbons (Fsp3) is 0.312. The van der Waals surface area contributed by atoms with E-state index in [1.165, 1.54) is 12.1 Å². The lowest BCUT2D eigenvalue weighted by atomic mass is 10.1. The highest BCUT2D eigenvalue weighted by atomic mass is 19.1. The van der Waals surface area contributed by atoms with Gasteiger partial charge in [-0.25, -0.2) is 9.18 Å². The molecule has 0 spiro atoms. The van der Waals surface area contributed by atoms with Crippen LogP contribution in [0.4, 0.5) is 10.2 Å². The van der Waals surface area contributed by atoms with E-state index in [0.29, 0.717) is 12.1 Å². The molecular weight excluding hydrogens is 299 g/mol. The molecule has 23 heavy (non-hydrogen) atoms. The third kappa shape index (κ3) is 2.88. The Morgan fingerprint density at radius 3 is 2.96 bits per heavy atom. The van der Waals surface area contributed by atoms with Gasteiger partial charge in [0.25, 0.3) is 0 Å². The van der Waals surface area contributed by atoms with Gasteiger partial charge in [0.15, 0.2) is 0 Å². The van der Waals surface area contributed by atoms with Gasteiger partial charge in [0.05, 0.1) is 11.6 Å². The highest BCUT2D eigenvalue weighted by Gasteiger charge is 2.25. The number of halogens is 1. The first-order chi connectivity index (χ1) is 11.0. The van der Waals surface area contributed by atoms with Gasteiger partial charge in [0, 0.05) is 25.7 Å². The Hall–Kier alpha value is -2.88. The minimum Gasteiger partial charge on any atom is -0.473 e. The third-order valence-electron chi connectivity index (χ3n) is 3.91. The third-order valence-corrected chi connectivity index (χ3v) is 3.91. The second kappa shape index (κ2) is 5.72. The number of likely N-dealkylation sites (N-methyl/N-ethyl adjacent to an activating group) is 1. The van der Waals surface area contributed by atoms with Gasteiger partial charge in [-0.2, -0.15) is 10.2 Å². The molecule has 1 aliphatic heterocycles. The molecule has 1 unspecified atom stereocenters. The van der Waals surface area contributed by atoms with E-state index in [1.54, 1.807) is 10.6 Å². The predicted octanol–water partition coefficient (Wildman–Crippen LogP) is 1.67. The zero-order valence-electron chi connectivity index (χ0n) is 12.8. The summed E-state index contributed by atoms with van der Waals surface area (Å²) in [6, 6.07) is 7.77. The Morgan fingerprint density at radius 1 is 1.43 bits per heavy atom. The van der Waals surface area contributed by atoms with E-state index in [2.05, 4.69) is 4.98 Å². The molecule has 1 atom stereocenters. The molecular formula is C16H15FN4O2. The molecule has 0 saturated carbocycles. The highest BCUT2D eigenvalue weighted by molar-refractivity contribution is 5.45. The first kappa shape index (κ1) is 15.0. The SMILES string of the molecule is CC1Cn2c(cc(OCc3cc(F)cc(C#N)c3)nc2=O)N1C. The van der Waals surface area contributed by atoms with Crippen LogP contribution < -0.4 is 15.3 Å². The van der Waals surface area contributed by atoms with Crippen molar-refractivity contribution in [2.75, 3.05) is 11.9 Å². The first-order valence-corrected chi connectivity index (χ1v) is 7.15. The lowest BCUT2D eigenvalue weighted by Gasteiger charge is -2.16. The van der Waals surface area contributed by atoms with Gasteiger partial charge in [0.1, 0.15) is 18.2 Å². The van der Waals surface area contributed by atoms with Crippen LogP contribution in [-0.4, -0.2) is 22.6 Å². The van der Waals surface area contributed by atoms with Crippen LogP contribution in [0.2, 0.25) is 0 Å². The monoisotopic (exact) mass is 314 g/mol. The number of rotatable bonds is 3. The summed E-state index contributed by atoms with van der Waals surface area (Å²) in [5.74, 6) is 0.424. The van der Waals surface area contributed by atoms with E-state index in [-0.39, 0.29) is 29.8 Å². The summed E-state index contributed by atoms with van der Waals surface area (Å²) in [5.41, 5.74) is 0.357. The van der Waals surface area contributed by atoms with Crippen LogP contribution >= 0.6 is 0 Å². The topological polar surface area (TPSA) is 71.1 Å². The standard InChI is InChI=1S/C16H15FN4O2/c1-10-8-21-15(20(10)2)6-14(19-16(21)22)23-9-12-3-11(7-18)4-13(17)5-12/h3-6,10H,8-9H2,1-2H3. The fourth-order valence-corrected chi connectivity index (χ4v) is 2.58. The Morgan fingerprint density at radius 2 is 2.22 bits per heavy atom. The Balaban J connectivity index is 1.83. The molecule has 0 amide bonds. The Kier molecular flexibility index (Phi) is 3.74. The van der Waals surface area contributed by atoms with Crippen molar-refractivity contribution in [1.82, 2.24) is 9.55 Å². The number of nitriles is 1. The number of fused-ring (bicyclic) bond motifs is 1. The number of anilines is 1. The molecule has 3 rings (SSSR count). The second-order valence-corrected chi connectivity index (χ2v) is 5.55. The van der Waals surface area contributed by atoms with E-state index in [1.807, 2.05) is 24.9 Å². The summed E-state index contributed by atoms with van der Waals surface area (Å²) in [6.45, 7) is 2.64. The number of ether oxygens (including phenoxy) is 1. The Bertz CT molecular complexity index is 856. The summed E-state index contributed by atoms with van der Waals surface area (Å²) in [4.78, 5) is 17.9. The molecule has 0 bridgehead atoms. The average Bonchev–Trinajstić information content (AvgIpc) is 2.81. The van der Waals surface area contributed by atoms with Crippen molar-refractivity contribution in [3.63, 3.8) is 0 Å². The molecule has 7 heteroatoms. The van der Waals surface area contributed by atoms with Crippen LogP contribution in [-0.2, 0) is 13.2 Å². The van der Waals surface area contributed by atoms with Gasteiger partial charge in [-0.15, -0.1) is 0 Å². The van der Waals surface area contributed by atoms with E-state index < -0.39 is 5.82 Å². The van der Waals surface area contributed by atoms with Crippen molar-refractivity contribution in [2.24, 2.45) is 0 Å². The van der Waals surface area contributed by atoms with Gasteiger partial charge in [-0.1, -0.05) is 0 Å². The van der Waals surface area contributed by atoms with Crippen molar-refractivity contribution in [3.8, 4) is 11.9 Å². The molecule has 118 valence electrons. The van der Waals surface area contributed by atoms with Crippen molar-refractivity contribution in [3.05, 3.63) is 51.7 Å². The van der Waals surface area contributed by atoms with E-state index in [9.17, 15) is 9.18 Å². The number of benzene rings is 1. The van der Waals surface area contributed by atoms with Gasteiger partial charge < -0.3 is 9.64 Å². The summed E-state index contributed by atoms with van der Waals surface area (Å²) in [6.07, 6.45) is 0. The number of nitrogens with zero attached hydrogens (tertiary/aromatic N) is 4. The van der Waals surface area contributed by atoms with Crippen molar-refractivity contribution < 1.29 is 9.13 Å². The van der Waals surface area contributed by atoms with Gasteiger partial charge in [-0.3, -0.25) is 4.57 Å². The molecule has 0 saturated heterocycles.